The molecule has 0 aliphatic carbocycles. The highest BCUT2D eigenvalue weighted by atomic mass is 79.9. The molecule has 0 fully saturated rings. The fourth-order valence-electron chi connectivity index (χ4n) is 1.67. The molecular weight excluding hydrogens is 338 g/mol. The monoisotopic (exact) mass is 361 g/mol. The molecule has 0 amide bonds. The van der Waals surface area contributed by atoms with Crippen molar-refractivity contribution in [3.8, 4) is 5.75 Å². The largest absolute Gasteiger partial charge is 0.492 e. The van der Waals surface area contributed by atoms with Gasteiger partial charge >= 0.3 is 0 Å². The maximum atomic E-state index is 5.78. The molecule has 0 saturated heterocycles. The van der Waals surface area contributed by atoms with Crippen LogP contribution >= 0.6 is 27.7 Å². The smallest absolute Gasteiger partial charge is 0.133 e. The lowest BCUT2D eigenvalue weighted by Gasteiger charge is -2.10. The second-order valence-electron chi connectivity index (χ2n) is 4.33. The molecule has 3 nitrogen and oxygen atoms in total. The molecule has 0 saturated carbocycles. The van der Waals surface area contributed by atoms with Gasteiger partial charge in [-0.1, -0.05) is 13.0 Å². The topological polar surface area (TPSA) is 30.5 Å². The number of methoxy groups -OCH3 is 1. The Morgan fingerprint density at radius 2 is 2.15 bits per heavy atom. The third kappa shape index (κ3) is 7.53. The van der Waals surface area contributed by atoms with E-state index in [9.17, 15) is 0 Å². The Bertz CT molecular complexity index is 377. The number of thioether (sulfide) groups is 1. The first-order chi connectivity index (χ1) is 9.77. The predicted octanol–water partition coefficient (Wildman–Crippen LogP) is 3.71. The maximum Gasteiger partial charge on any atom is 0.133 e. The minimum Gasteiger partial charge on any atom is -0.492 e. The van der Waals surface area contributed by atoms with E-state index in [1.54, 1.807) is 7.11 Å². The van der Waals surface area contributed by atoms with Crippen molar-refractivity contribution >= 4 is 27.7 Å². The molecule has 0 spiro atoms. The number of hydrogen-bond donors (Lipinski definition) is 1. The molecular formula is C15H24BrNO2S. The lowest BCUT2D eigenvalue weighted by molar-refractivity contribution is 0.199. The molecule has 20 heavy (non-hydrogen) atoms. The van der Waals surface area contributed by atoms with E-state index in [0.29, 0.717) is 0 Å². The lowest BCUT2D eigenvalue weighted by Crippen LogP contribution is -2.18. The molecule has 1 aromatic carbocycles. The first-order valence-electron chi connectivity index (χ1n) is 6.96. The van der Waals surface area contributed by atoms with Gasteiger partial charge in [0.05, 0.1) is 17.7 Å². The molecule has 0 aliphatic heterocycles. The second kappa shape index (κ2) is 11.4. The zero-order valence-corrected chi connectivity index (χ0v) is 14.7. The first kappa shape index (κ1) is 17.8. The zero-order chi connectivity index (χ0) is 14.6. The van der Waals surface area contributed by atoms with Crippen LogP contribution < -0.4 is 10.1 Å². The molecule has 0 bridgehead atoms. The predicted molar refractivity (Wildman–Crippen MR) is 90.8 cm³/mol. The average molecular weight is 362 g/mol. The van der Waals surface area contributed by atoms with Crippen molar-refractivity contribution in [1.29, 1.82) is 0 Å². The molecule has 5 heteroatoms. The fourth-order valence-corrected chi connectivity index (χ4v) is 2.82. The molecule has 1 N–H and O–H groups in total. The van der Waals surface area contributed by atoms with Gasteiger partial charge in [-0.25, -0.2) is 0 Å². The summed E-state index contributed by atoms with van der Waals surface area (Å²) in [6, 6.07) is 6.24. The molecule has 114 valence electrons. The minimum absolute atomic E-state index is 0.734. The Labute approximate surface area is 134 Å². The molecule has 0 unspecified atom stereocenters. The van der Waals surface area contributed by atoms with Gasteiger partial charge in [-0.05, 0) is 51.6 Å². The van der Waals surface area contributed by atoms with Crippen LogP contribution in [0.5, 0.6) is 5.75 Å². The Balaban J connectivity index is 2.31. The Kier molecular flexibility index (Phi) is 10.2. The quantitative estimate of drug-likeness (QED) is 0.608. The summed E-state index contributed by atoms with van der Waals surface area (Å²) in [6.07, 6.45) is 1.09. The van der Waals surface area contributed by atoms with Crippen LogP contribution in [0.3, 0.4) is 0 Å². The Hall–Kier alpha value is -0.230. The summed E-state index contributed by atoms with van der Waals surface area (Å²) in [5, 5.41) is 3.33. The summed E-state index contributed by atoms with van der Waals surface area (Å²) < 4.78 is 11.8. The number of rotatable bonds is 11. The van der Waals surface area contributed by atoms with Crippen LogP contribution in [0.1, 0.15) is 18.9 Å². The number of nitrogens with one attached hydrogen (secondary N) is 1. The van der Waals surface area contributed by atoms with Crippen molar-refractivity contribution < 1.29 is 9.47 Å². The van der Waals surface area contributed by atoms with Crippen LogP contribution in [0.25, 0.3) is 0 Å². The van der Waals surface area contributed by atoms with Crippen molar-refractivity contribution in [3.05, 3.63) is 28.2 Å². The van der Waals surface area contributed by atoms with Gasteiger partial charge in [0.15, 0.2) is 0 Å². The molecule has 0 aromatic heterocycles. The van der Waals surface area contributed by atoms with E-state index in [0.717, 1.165) is 48.7 Å². The highest BCUT2D eigenvalue weighted by molar-refractivity contribution is 9.10. The van der Waals surface area contributed by atoms with Crippen molar-refractivity contribution in [2.45, 2.75) is 19.9 Å². The van der Waals surface area contributed by atoms with Gasteiger partial charge in [-0.2, -0.15) is 11.8 Å². The van der Waals surface area contributed by atoms with Gasteiger partial charge in [0.25, 0.3) is 0 Å². The van der Waals surface area contributed by atoms with Crippen LogP contribution in [0.4, 0.5) is 0 Å². The van der Waals surface area contributed by atoms with Gasteiger partial charge in [0.2, 0.25) is 0 Å². The van der Waals surface area contributed by atoms with E-state index in [2.05, 4.69) is 40.3 Å². The second-order valence-corrected chi connectivity index (χ2v) is 6.58. The average Bonchev–Trinajstić information content (AvgIpc) is 2.45. The fraction of sp³-hybridized carbons (Fsp3) is 0.600. The van der Waals surface area contributed by atoms with Crippen molar-refractivity contribution in [1.82, 2.24) is 5.32 Å². The van der Waals surface area contributed by atoms with Crippen molar-refractivity contribution in [2.24, 2.45) is 0 Å². The molecule has 0 atom stereocenters. The van der Waals surface area contributed by atoms with Gasteiger partial charge in [0.1, 0.15) is 5.75 Å². The Morgan fingerprint density at radius 1 is 1.30 bits per heavy atom. The standard InChI is InChI=1S/C15H24BrNO2S/c1-3-20-10-4-8-19-15-6-5-13(11-14(15)16)12-17-7-9-18-2/h5-6,11,17H,3-4,7-10,12H2,1-2H3. The molecule has 1 aromatic rings. The van der Waals surface area contributed by atoms with Crippen LogP contribution in [0.2, 0.25) is 0 Å². The van der Waals surface area contributed by atoms with Crippen molar-refractivity contribution in [2.75, 3.05) is 38.4 Å². The maximum absolute atomic E-state index is 5.78. The number of benzene rings is 1. The zero-order valence-electron chi connectivity index (χ0n) is 12.3. The van der Waals surface area contributed by atoms with E-state index in [1.165, 1.54) is 11.3 Å². The number of hydrogen-bond acceptors (Lipinski definition) is 4. The van der Waals surface area contributed by atoms with Crippen LogP contribution in [-0.4, -0.2) is 38.4 Å². The highest BCUT2D eigenvalue weighted by Gasteiger charge is 2.02. The Morgan fingerprint density at radius 3 is 2.85 bits per heavy atom. The number of ether oxygens (including phenoxy) is 2. The van der Waals surface area contributed by atoms with Crippen molar-refractivity contribution in [3.63, 3.8) is 0 Å². The normalized spacial score (nSPS) is 10.8. The third-order valence-corrected chi connectivity index (χ3v) is 4.31. The summed E-state index contributed by atoms with van der Waals surface area (Å²) in [7, 11) is 1.71. The minimum atomic E-state index is 0.734. The highest BCUT2D eigenvalue weighted by Crippen LogP contribution is 2.26. The van der Waals surface area contributed by atoms with Gasteiger partial charge < -0.3 is 14.8 Å². The lowest BCUT2D eigenvalue weighted by atomic mass is 10.2. The molecule has 0 aliphatic rings. The molecule has 0 radical (unpaired) electrons. The number of halogens is 1. The van der Waals surface area contributed by atoms with Gasteiger partial charge in [-0.3, -0.25) is 0 Å². The summed E-state index contributed by atoms with van der Waals surface area (Å²) in [6.45, 7) is 5.40. The van der Waals surface area contributed by atoms with E-state index in [-0.39, 0.29) is 0 Å². The van der Waals surface area contributed by atoms with E-state index in [4.69, 9.17) is 9.47 Å². The van der Waals surface area contributed by atoms with Gasteiger partial charge in [-0.15, -0.1) is 0 Å². The SMILES string of the molecule is CCSCCCOc1ccc(CNCCOC)cc1Br. The van der Waals surface area contributed by atoms with E-state index in [1.807, 2.05) is 17.8 Å². The summed E-state index contributed by atoms with van der Waals surface area (Å²) in [5.41, 5.74) is 1.24. The van der Waals surface area contributed by atoms with Gasteiger partial charge in [0, 0.05) is 20.2 Å². The third-order valence-electron chi connectivity index (χ3n) is 2.70. The van der Waals surface area contributed by atoms with Crippen LogP contribution in [-0.2, 0) is 11.3 Å². The summed E-state index contributed by atoms with van der Waals surface area (Å²) >= 11 is 5.52. The summed E-state index contributed by atoms with van der Waals surface area (Å²) in [4.78, 5) is 0. The first-order valence-corrected chi connectivity index (χ1v) is 8.91. The molecule has 0 heterocycles. The van der Waals surface area contributed by atoms with E-state index >= 15 is 0 Å². The van der Waals surface area contributed by atoms with E-state index < -0.39 is 0 Å². The van der Waals surface area contributed by atoms with Crippen LogP contribution in [0.15, 0.2) is 22.7 Å². The molecule has 1 rings (SSSR count). The van der Waals surface area contributed by atoms with Crippen LogP contribution in [0, 0.1) is 0 Å². The summed E-state index contributed by atoms with van der Waals surface area (Å²) in [5.74, 6) is 3.26.